The van der Waals surface area contributed by atoms with E-state index in [2.05, 4.69) is 0 Å². The molecule has 0 aliphatic rings. The Labute approximate surface area is 179 Å². The Morgan fingerprint density at radius 2 is 1.72 bits per heavy atom. The highest BCUT2D eigenvalue weighted by Crippen LogP contribution is 2.38. The molecule has 32 heavy (non-hydrogen) atoms. The number of nitro groups is 1. The van der Waals surface area contributed by atoms with Gasteiger partial charge in [0.15, 0.2) is 0 Å². The molecule has 0 fully saturated rings. The van der Waals surface area contributed by atoms with Gasteiger partial charge < -0.3 is 10.4 Å². The van der Waals surface area contributed by atoms with E-state index < -0.39 is 51.4 Å². The van der Waals surface area contributed by atoms with Crippen LogP contribution in [0.2, 0.25) is 0 Å². The van der Waals surface area contributed by atoms with Gasteiger partial charge in [0.25, 0.3) is 11.6 Å². The van der Waals surface area contributed by atoms with Crippen molar-refractivity contribution in [2.45, 2.75) is 22.8 Å². The summed E-state index contributed by atoms with van der Waals surface area (Å²) in [6, 6.07) is 7.22. The third kappa shape index (κ3) is 5.48. The van der Waals surface area contributed by atoms with Crippen LogP contribution >= 0.6 is 11.8 Å². The summed E-state index contributed by atoms with van der Waals surface area (Å²) in [6.45, 7) is 0. The summed E-state index contributed by atoms with van der Waals surface area (Å²) >= 11 is 0.351. The van der Waals surface area contributed by atoms with E-state index in [1.54, 1.807) is 5.32 Å². The van der Waals surface area contributed by atoms with E-state index in [0.717, 1.165) is 30.3 Å². The number of aliphatic hydroxyl groups is 1. The number of nitriles is 1. The summed E-state index contributed by atoms with van der Waals surface area (Å²) in [4.78, 5) is 22.2. The molecule has 14 heteroatoms. The number of halogens is 6. The minimum atomic E-state index is -5.51. The largest absolute Gasteiger partial charge is 0.427 e. The zero-order valence-electron chi connectivity index (χ0n) is 15.5. The second-order valence-corrected chi connectivity index (χ2v) is 7.27. The highest BCUT2D eigenvalue weighted by atomic mass is 32.2. The van der Waals surface area contributed by atoms with Crippen LogP contribution in [0.1, 0.15) is 11.1 Å². The van der Waals surface area contributed by atoms with Crippen LogP contribution in [0.3, 0.4) is 0 Å². The molecule has 2 aromatic rings. The maximum Gasteiger partial charge on any atom is 0.427 e. The van der Waals surface area contributed by atoms with Crippen LogP contribution in [-0.4, -0.2) is 33.5 Å². The molecule has 0 aliphatic heterocycles. The molecule has 0 radical (unpaired) electrons. The summed E-state index contributed by atoms with van der Waals surface area (Å²) in [5.74, 6) is -3.33. The molecule has 170 valence electrons. The molecule has 0 spiro atoms. The highest BCUT2D eigenvalue weighted by molar-refractivity contribution is 7.99. The number of carbonyl (C=O) groups excluding carboxylic acids is 1. The summed E-state index contributed by atoms with van der Waals surface area (Å²) in [6.07, 6.45) is -10.5. The van der Waals surface area contributed by atoms with Gasteiger partial charge in [-0.05, 0) is 30.3 Å². The zero-order valence-corrected chi connectivity index (χ0v) is 16.3. The standard InChI is InChI=1S/C18H11F6N3O4S/c19-17(20,21)14-7-11(2-1-10(14)8-25)26-15(28)16(29,18(22,23)24)9-32-13-5-3-12(4-6-13)27(30)31/h1-7,29H,9H2,(H,26,28)/t16-/m0/s1. The van der Waals surface area contributed by atoms with Crippen molar-refractivity contribution in [3.63, 3.8) is 0 Å². The molecule has 0 unspecified atom stereocenters. The molecule has 1 amide bonds. The van der Waals surface area contributed by atoms with Crippen molar-refractivity contribution in [3.05, 3.63) is 63.7 Å². The lowest BCUT2D eigenvalue weighted by atomic mass is 10.0. The van der Waals surface area contributed by atoms with Crippen LogP contribution in [0.15, 0.2) is 47.4 Å². The van der Waals surface area contributed by atoms with E-state index in [9.17, 15) is 46.4 Å². The average Bonchev–Trinajstić information content (AvgIpc) is 2.70. The number of rotatable bonds is 6. The van der Waals surface area contributed by atoms with Crippen LogP contribution in [0.25, 0.3) is 0 Å². The van der Waals surface area contributed by atoms with Gasteiger partial charge in [0.2, 0.25) is 5.60 Å². The molecule has 0 bridgehead atoms. The van der Waals surface area contributed by atoms with Crippen LogP contribution in [-0.2, 0) is 11.0 Å². The molecule has 0 aromatic heterocycles. The molecule has 2 aromatic carbocycles. The molecular formula is C18H11F6N3O4S. The second-order valence-electron chi connectivity index (χ2n) is 6.22. The first kappa shape index (κ1) is 25.0. The molecule has 1 atom stereocenters. The normalized spacial score (nSPS) is 13.7. The first-order valence-electron chi connectivity index (χ1n) is 8.28. The Balaban J connectivity index is 2.28. The van der Waals surface area contributed by atoms with E-state index in [-0.39, 0.29) is 16.6 Å². The predicted octanol–water partition coefficient (Wildman–Crippen LogP) is 4.51. The first-order chi connectivity index (χ1) is 14.7. The number of thioether (sulfide) groups is 1. The van der Waals surface area contributed by atoms with Gasteiger partial charge in [0.1, 0.15) is 0 Å². The third-order valence-electron chi connectivity index (χ3n) is 4.04. The number of hydrogen-bond donors (Lipinski definition) is 2. The van der Waals surface area contributed by atoms with Gasteiger partial charge in [-0.1, -0.05) is 0 Å². The summed E-state index contributed by atoms with van der Waals surface area (Å²) in [5.41, 5.74) is -7.35. The minimum absolute atomic E-state index is 0.0591. The zero-order chi connectivity index (χ0) is 24.3. The van der Waals surface area contributed by atoms with E-state index in [1.807, 2.05) is 0 Å². The van der Waals surface area contributed by atoms with E-state index in [0.29, 0.717) is 17.8 Å². The van der Waals surface area contributed by atoms with Crippen LogP contribution in [0.5, 0.6) is 0 Å². The van der Waals surface area contributed by atoms with Crippen molar-refractivity contribution in [1.82, 2.24) is 0 Å². The minimum Gasteiger partial charge on any atom is -0.372 e. The Morgan fingerprint density at radius 3 is 2.19 bits per heavy atom. The quantitative estimate of drug-likeness (QED) is 0.273. The number of hydrogen-bond acceptors (Lipinski definition) is 6. The number of non-ortho nitro benzene ring substituents is 1. The predicted molar refractivity (Wildman–Crippen MR) is 99.6 cm³/mol. The smallest absolute Gasteiger partial charge is 0.372 e. The molecule has 0 saturated heterocycles. The first-order valence-corrected chi connectivity index (χ1v) is 9.27. The monoisotopic (exact) mass is 479 g/mol. The van der Waals surface area contributed by atoms with Gasteiger partial charge in [0.05, 0.1) is 22.1 Å². The van der Waals surface area contributed by atoms with Crippen LogP contribution in [0.4, 0.5) is 37.7 Å². The molecule has 2 N–H and O–H groups in total. The number of alkyl halides is 6. The average molecular weight is 479 g/mol. The van der Waals surface area contributed by atoms with Crippen molar-refractivity contribution >= 4 is 29.0 Å². The van der Waals surface area contributed by atoms with Gasteiger partial charge in [-0.2, -0.15) is 31.6 Å². The van der Waals surface area contributed by atoms with Gasteiger partial charge in [0, 0.05) is 28.5 Å². The topological polar surface area (TPSA) is 116 Å². The lowest BCUT2D eigenvalue weighted by molar-refractivity contribution is -0.384. The number of nitrogens with zero attached hydrogens (tertiary/aromatic N) is 2. The van der Waals surface area contributed by atoms with Crippen molar-refractivity contribution in [3.8, 4) is 6.07 Å². The number of amides is 1. The lowest BCUT2D eigenvalue weighted by Crippen LogP contribution is -2.56. The van der Waals surface area contributed by atoms with Crippen molar-refractivity contribution < 1.29 is 41.2 Å². The van der Waals surface area contributed by atoms with Gasteiger partial charge in [-0.3, -0.25) is 14.9 Å². The Kier molecular flexibility index (Phi) is 7.06. The van der Waals surface area contributed by atoms with E-state index in [1.165, 1.54) is 6.07 Å². The molecular weight excluding hydrogens is 468 g/mol. The molecule has 0 heterocycles. The number of nitro benzene ring substituents is 1. The van der Waals surface area contributed by atoms with Gasteiger partial charge in [-0.25, -0.2) is 0 Å². The fourth-order valence-corrected chi connectivity index (χ4v) is 3.32. The second kappa shape index (κ2) is 9.05. The van der Waals surface area contributed by atoms with Crippen molar-refractivity contribution in [1.29, 1.82) is 5.26 Å². The maximum atomic E-state index is 13.5. The van der Waals surface area contributed by atoms with Crippen molar-refractivity contribution in [2.75, 3.05) is 11.1 Å². The Hall–Kier alpha value is -3.31. The molecule has 7 nitrogen and oxygen atoms in total. The number of nitrogens with one attached hydrogen (secondary N) is 1. The number of anilines is 1. The van der Waals surface area contributed by atoms with E-state index in [4.69, 9.17) is 5.26 Å². The number of carbonyl (C=O) groups is 1. The number of benzene rings is 2. The van der Waals surface area contributed by atoms with Crippen LogP contribution < -0.4 is 5.32 Å². The fourth-order valence-electron chi connectivity index (χ4n) is 2.32. The molecule has 0 aliphatic carbocycles. The lowest BCUT2D eigenvalue weighted by Gasteiger charge is -2.29. The van der Waals surface area contributed by atoms with Gasteiger partial charge in [-0.15, -0.1) is 11.8 Å². The Bertz CT molecular complexity index is 1070. The van der Waals surface area contributed by atoms with Crippen LogP contribution in [0, 0.1) is 21.4 Å². The van der Waals surface area contributed by atoms with Gasteiger partial charge >= 0.3 is 12.4 Å². The third-order valence-corrected chi connectivity index (χ3v) is 5.21. The SMILES string of the molecule is N#Cc1ccc(NC(=O)[C@@](O)(CSc2ccc([N+](=O)[O-])cc2)C(F)(F)F)cc1C(F)(F)F. The maximum absolute atomic E-state index is 13.5. The molecule has 0 saturated carbocycles. The van der Waals surface area contributed by atoms with Crippen molar-refractivity contribution in [2.24, 2.45) is 0 Å². The fraction of sp³-hybridized carbons (Fsp3) is 0.222. The summed E-state index contributed by atoms with van der Waals surface area (Å²) in [5, 5.41) is 31.0. The van der Waals surface area contributed by atoms with E-state index >= 15 is 0 Å². The summed E-state index contributed by atoms with van der Waals surface area (Å²) < 4.78 is 79.5. The Morgan fingerprint density at radius 1 is 1.12 bits per heavy atom. The highest BCUT2D eigenvalue weighted by Gasteiger charge is 2.59. The molecule has 2 rings (SSSR count). The summed E-state index contributed by atoms with van der Waals surface area (Å²) in [7, 11) is 0.